The van der Waals surface area contributed by atoms with E-state index in [2.05, 4.69) is 20.4 Å². The van der Waals surface area contributed by atoms with Crippen LogP contribution in [-0.4, -0.2) is 34.1 Å². The van der Waals surface area contributed by atoms with Gasteiger partial charge in [-0.3, -0.25) is 0 Å². The predicted octanol–water partition coefficient (Wildman–Crippen LogP) is 2.82. The minimum Gasteiger partial charge on any atom is -0.388 e. The van der Waals surface area contributed by atoms with Gasteiger partial charge in [0, 0.05) is 0 Å². The van der Waals surface area contributed by atoms with Crippen LogP contribution in [0, 0.1) is 0 Å². The summed E-state index contributed by atoms with van der Waals surface area (Å²) in [5.74, 6) is 0. The summed E-state index contributed by atoms with van der Waals surface area (Å²) in [7, 11) is 0. The Kier molecular flexibility index (Phi) is 3.37. The number of rotatable bonds is 3. The second-order valence-corrected chi connectivity index (χ2v) is 6.77. The van der Waals surface area contributed by atoms with Crippen molar-refractivity contribution >= 4 is 0 Å². The monoisotopic (exact) mass is 254 g/mol. The van der Waals surface area contributed by atoms with Crippen LogP contribution in [0.25, 0.3) is 0 Å². The number of hydrogen-bond acceptors (Lipinski definition) is 3. The molecule has 1 N–H and O–H groups in total. The third kappa shape index (κ3) is 2.49. The molecule has 2 aliphatic heterocycles. The van der Waals surface area contributed by atoms with Gasteiger partial charge in [-0.2, -0.15) is 0 Å². The van der Waals surface area contributed by atoms with Gasteiger partial charge >= 0.3 is 0 Å². The fourth-order valence-electron chi connectivity index (χ4n) is 3.04. The highest BCUT2D eigenvalue weighted by molar-refractivity contribution is 5.05. The van der Waals surface area contributed by atoms with Crippen molar-refractivity contribution in [3.8, 4) is 0 Å². The minimum absolute atomic E-state index is 0.0957. The van der Waals surface area contributed by atoms with Gasteiger partial charge in [-0.15, -0.1) is 6.58 Å². The van der Waals surface area contributed by atoms with Crippen LogP contribution in [0.3, 0.4) is 0 Å². The molecule has 0 saturated carbocycles. The Labute approximate surface area is 110 Å². The molecule has 0 bridgehead atoms. The van der Waals surface area contributed by atoms with E-state index in [0.29, 0.717) is 0 Å². The van der Waals surface area contributed by atoms with Crippen molar-refractivity contribution in [2.75, 3.05) is 0 Å². The van der Waals surface area contributed by atoms with Crippen molar-refractivity contribution in [1.82, 2.24) is 0 Å². The highest BCUT2D eigenvalue weighted by Gasteiger charge is 2.51. The van der Waals surface area contributed by atoms with Crippen LogP contribution in [-0.2, 0) is 9.47 Å². The standard InChI is InChI=1S/C15H26O3/c1-6-14(4)9-7-12(17-14)15(5)10-8-11(18-15)13(2,3)16/h6,11-12,16H,1,7-10H2,2-5H3/t11-,12+,14+,15-/m0/s1. The Morgan fingerprint density at radius 1 is 1.22 bits per heavy atom. The summed E-state index contributed by atoms with van der Waals surface area (Å²) in [4.78, 5) is 0. The first kappa shape index (κ1) is 14.0. The second kappa shape index (κ2) is 4.32. The van der Waals surface area contributed by atoms with Gasteiger partial charge in [0.1, 0.15) is 0 Å². The molecule has 0 spiro atoms. The van der Waals surface area contributed by atoms with E-state index in [0.717, 1.165) is 25.7 Å². The summed E-state index contributed by atoms with van der Waals surface area (Å²) < 4.78 is 12.2. The van der Waals surface area contributed by atoms with Gasteiger partial charge in [0.2, 0.25) is 0 Å². The fourth-order valence-corrected chi connectivity index (χ4v) is 3.04. The molecule has 0 aromatic rings. The molecule has 2 fully saturated rings. The molecule has 2 heterocycles. The largest absolute Gasteiger partial charge is 0.388 e. The van der Waals surface area contributed by atoms with Crippen LogP contribution < -0.4 is 0 Å². The summed E-state index contributed by atoms with van der Waals surface area (Å²) in [6.45, 7) is 11.7. The molecular formula is C15H26O3. The smallest absolute Gasteiger partial charge is 0.0921 e. The topological polar surface area (TPSA) is 38.7 Å². The summed E-state index contributed by atoms with van der Waals surface area (Å²) in [6, 6.07) is 0. The highest BCUT2D eigenvalue weighted by Crippen LogP contribution is 2.44. The van der Waals surface area contributed by atoms with Crippen LogP contribution in [0.5, 0.6) is 0 Å². The quantitative estimate of drug-likeness (QED) is 0.787. The van der Waals surface area contributed by atoms with E-state index in [1.165, 1.54) is 0 Å². The van der Waals surface area contributed by atoms with Gasteiger partial charge in [0.25, 0.3) is 0 Å². The maximum atomic E-state index is 10.1. The van der Waals surface area contributed by atoms with Gasteiger partial charge < -0.3 is 14.6 Å². The first-order valence-electron chi connectivity index (χ1n) is 6.90. The van der Waals surface area contributed by atoms with Gasteiger partial charge in [0.15, 0.2) is 0 Å². The Hall–Kier alpha value is -0.380. The lowest BCUT2D eigenvalue weighted by atomic mass is 9.91. The maximum absolute atomic E-state index is 10.1. The lowest BCUT2D eigenvalue weighted by Gasteiger charge is -2.35. The molecular weight excluding hydrogens is 228 g/mol. The molecule has 0 aromatic carbocycles. The van der Waals surface area contributed by atoms with Crippen molar-refractivity contribution in [2.45, 2.75) is 82.4 Å². The molecule has 0 amide bonds. The van der Waals surface area contributed by atoms with Crippen LogP contribution in [0.2, 0.25) is 0 Å². The molecule has 104 valence electrons. The van der Waals surface area contributed by atoms with E-state index < -0.39 is 5.60 Å². The van der Waals surface area contributed by atoms with Gasteiger partial charge in [-0.05, 0) is 53.4 Å². The number of ether oxygens (including phenoxy) is 2. The Morgan fingerprint density at radius 3 is 2.33 bits per heavy atom. The highest BCUT2D eigenvalue weighted by atomic mass is 16.6. The van der Waals surface area contributed by atoms with E-state index >= 15 is 0 Å². The normalized spacial score (nSPS) is 45.4. The van der Waals surface area contributed by atoms with Crippen molar-refractivity contribution in [2.24, 2.45) is 0 Å². The van der Waals surface area contributed by atoms with Crippen molar-refractivity contribution < 1.29 is 14.6 Å². The Morgan fingerprint density at radius 2 is 1.89 bits per heavy atom. The molecule has 3 heteroatoms. The molecule has 0 unspecified atom stereocenters. The van der Waals surface area contributed by atoms with Crippen LogP contribution >= 0.6 is 0 Å². The average molecular weight is 254 g/mol. The lowest BCUT2D eigenvalue weighted by Crippen LogP contribution is -2.44. The third-order valence-corrected chi connectivity index (χ3v) is 4.53. The molecule has 0 aromatic heterocycles. The number of hydrogen-bond donors (Lipinski definition) is 1. The Bertz CT molecular complexity index is 333. The predicted molar refractivity (Wildman–Crippen MR) is 71.5 cm³/mol. The van der Waals surface area contributed by atoms with E-state index in [-0.39, 0.29) is 23.4 Å². The van der Waals surface area contributed by atoms with E-state index in [9.17, 15) is 5.11 Å². The van der Waals surface area contributed by atoms with Crippen molar-refractivity contribution in [1.29, 1.82) is 0 Å². The van der Waals surface area contributed by atoms with Crippen molar-refractivity contribution in [3.63, 3.8) is 0 Å². The molecule has 4 atom stereocenters. The van der Waals surface area contributed by atoms with Crippen LogP contribution in [0.1, 0.15) is 53.4 Å². The SMILES string of the molecule is C=C[C@]1(C)CC[C@H]([C@]2(C)CC[C@@H](C(C)(C)O)O2)O1. The first-order valence-corrected chi connectivity index (χ1v) is 6.90. The van der Waals surface area contributed by atoms with Crippen LogP contribution in [0.15, 0.2) is 12.7 Å². The second-order valence-electron chi connectivity index (χ2n) is 6.77. The fraction of sp³-hybridized carbons (Fsp3) is 0.867. The Balaban J connectivity index is 2.05. The molecule has 18 heavy (non-hydrogen) atoms. The summed E-state index contributed by atoms with van der Waals surface area (Å²) in [6.07, 6.45) is 5.72. The van der Waals surface area contributed by atoms with Gasteiger partial charge in [-0.25, -0.2) is 0 Å². The third-order valence-electron chi connectivity index (χ3n) is 4.53. The molecule has 2 rings (SSSR count). The maximum Gasteiger partial charge on any atom is 0.0921 e. The molecule has 0 radical (unpaired) electrons. The lowest BCUT2D eigenvalue weighted by molar-refractivity contribution is -0.168. The molecule has 0 aliphatic carbocycles. The molecule has 2 saturated heterocycles. The van der Waals surface area contributed by atoms with Gasteiger partial charge in [-0.1, -0.05) is 6.08 Å². The zero-order valence-electron chi connectivity index (χ0n) is 12.0. The molecule has 3 nitrogen and oxygen atoms in total. The molecule has 2 aliphatic rings. The zero-order valence-corrected chi connectivity index (χ0v) is 12.0. The van der Waals surface area contributed by atoms with E-state index in [4.69, 9.17) is 9.47 Å². The van der Waals surface area contributed by atoms with Gasteiger partial charge in [0.05, 0.1) is 29.0 Å². The summed E-state index contributed by atoms with van der Waals surface area (Å²) >= 11 is 0. The van der Waals surface area contributed by atoms with Crippen molar-refractivity contribution in [3.05, 3.63) is 12.7 Å². The zero-order chi connectivity index (χ0) is 13.6. The minimum atomic E-state index is -0.780. The van der Waals surface area contributed by atoms with E-state index in [1.54, 1.807) is 0 Å². The number of aliphatic hydroxyl groups is 1. The van der Waals surface area contributed by atoms with Crippen LogP contribution in [0.4, 0.5) is 0 Å². The average Bonchev–Trinajstić information content (AvgIpc) is 2.84. The summed E-state index contributed by atoms with van der Waals surface area (Å²) in [5, 5.41) is 10.1. The summed E-state index contributed by atoms with van der Waals surface area (Å²) in [5.41, 5.74) is -1.27. The first-order chi connectivity index (χ1) is 8.19. The van der Waals surface area contributed by atoms with E-state index in [1.807, 2.05) is 19.9 Å².